The first kappa shape index (κ1) is 8.97. The molecule has 0 aromatic heterocycles. The quantitative estimate of drug-likeness (QED) is 0.578. The van der Waals surface area contributed by atoms with Crippen molar-refractivity contribution >= 4 is 0 Å². The molecule has 1 saturated heterocycles. The van der Waals surface area contributed by atoms with Gasteiger partial charge in [-0.1, -0.05) is 0 Å². The first-order valence-electron chi connectivity index (χ1n) is 4.09. The van der Waals surface area contributed by atoms with Crippen LogP contribution in [0.5, 0.6) is 0 Å². The molecule has 1 fully saturated rings. The minimum Gasteiger partial charge on any atom is -0.376 e. The van der Waals surface area contributed by atoms with Gasteiger partial charge in [-0.05, 0) is 19.8 Å². The molecule has 0 radical (unpaired) electrons. The van der Waals surface area contributed by atoms with Crippen LogP contribution in [0.4, 0.5) is 0 Å². The molecule has 3 heteroatoms. The monoisotopic (exact) mass is 160 g/mol. The summed E-state index contributed by atoms with van der Waals surface area (Å²) in [5.41, 5.74) is 0. The van der Waals surface area contributed by atoms with E-state index in [0.29, 0.717) is 12.7 Å². The topological polar surface area (TPSA) is 27.7 Å². The van der Waals surface area contributed by atoms with Crippen LogP contribution in [0, 0.1) is 0 Å². The van der Waals surface area contributed by atoms with Gasteiger partial charge in [0.1, 0.15) is 0 Å². The van der Waals surface area contributed by atoms with E-state index in [9.17, 15) is 0 Å². The van der Waals surface area contributed by atoms with Crippen molar-refractivity contribution in [3.8, 4) is 0 Å². The van der Waals surface area contributed by atoms with Crippen molar-refractivity contribution in [1.82, 2.24) is 0 Å². The minimum absolute atomic E-state index is 0.112. The Hall–Kier alpha value is -0.120. The Labute approximate surface area is 67.6 Å². The van der Waals surface area contributed by atoms with E-state index >= 15 is 0 Å². The molecule has 0 spiro atoms. The molecule has 2 unspecified atom stereocenters. The fourth-order valence-corrected chi connectivity index (χ4v) is 1.09. The Bertz CT molecular complexity index is 99.5. The molecule has 0 aromatic carbocycles. The molecule has 0 aliphatic carbocycles. The second kappa shape index (κ2) is 4.70. The molecule has 66 valence electrons. The molecule has 3 nitrogen and oxygen atoms in total. The molecule has 11 heavy (non-hydrogen) atoms. The normalized spacial score (nSPS) is 27.3. The van der Waals surface area contributed by atoms with Gasteiger partial charge in [-0.25, -0.2) is 0 Å². The van der Waals surface area contributed by atoms with Crippen LogP contribution in [0.3, 0.4) is 0 Å². The van der Waals surface area contributed by atoms with E-state index in [1.165, 1.54) is 0 Å². The molecule has 0 N–H and O–H groups in total. The van der Waals surface area contributed by atoms with Crippen molar-refractivity contribution in [3.63, 3.8) is 0 Å². The van der Waals surface area contributed by atoms with E-state index in [2.05, 4.69) is 0 Å². The van der Waals surface area contributed by atoms with Gasteiger partial charge in [0.05, 0.1) is 12.7 Å². The average Bonchev–Trinajstić information content (AvgIpc) is 2.52. The van der Waals surface area contributed by atoms with Crippen LogP contribution >= 0.6 is 0 Å². The third kappa shape index (κ3) is 3.18. The zero-order valence-electron chi connectivity index (χ0n) is 7.21. The lowest BCUT2D eigenvalue weighted by atomic mass is 10.2. The standard InChI is InChI=1S/C8H16O3/c1-7(9-2)11-6-8-4-3-5-10-8/h7-8H,3-6H2,1-2H3. The highest BCUT2D eigenvalue weighted by atomic mass is 16.7. The fourth-order valence-electron chi connectivity index (χ4n) is 1.09. The molecule has 1 aliphatic rings. The average molecular weight is 160 g/mol. The summed E-state index contributed by atoms with van der Waals surface area (Å²) in [7, 11) is 1.64. The predicted octanol–water partition coefficient (Wildman–Crippen LogP) is 1.17. The molecular formula is C8H16O3. The van der Waals surface area contributed by atoms with E-state index in [1.807, 2.05) is 6.92 Å². The summed E-state index contributed by atoms with van der Waals surface area (Å²) in [5, 5.41) is 0. The summed E-state index contributed by atoms with van der Waals surface area (Å²) in [4.78, 5) is 0. The van der Waals surface area contributed by atoms with Gasteiger partial charge >= 0.3 is 0 Å². The van der Waals surface area contributed by atoms with Crippen molar-refractivity contribution in [3.05, 3.63) is 0 Å². The van der Waals surface area contributed by atoms with E-state index in [-0.39, 0.29) is 6.29 Å². The zero-order chi connectivity index (χ0) is 8.10. The lowest BCUT2D eigenvalue weighted by Gasteiger charge is -2.14. The predicted molar refractivity (Wildman–Crippen MR) is 41.4 cm³/mol. The van der Waals surface area contributed by atoms with Crippen LogP contribution in [0.15, 0.2) is 0 Å². The van der Waals surface area contributed by atoms with Gasteiger partial charge in [-0.3, -0.25) is 0 Å². The minimum atomic E-state index is -0.112. The summed E-state index contributed by atoms with van der Waals surface area (Å²) in [6, 6.07) is 0. The van der Waals surface area contributed by atoms with E-state index in [1.54, 1.807) is 7.11 Å². The SMILES string of the molecule is COC(C)OCC1CCCO1. The maximum atomic E-state index is 5.37. The second-order valence-corrected chi connectivity index (χ2v) is 2.77. The molecule has 0 saturated carbocycles. The maximum Gasteiger partial charge on any atom is 0.154 e. The third-order valence-corrected chi connectivity index (χ3v) is 1.87. The van der Waals surface area contributed by atoms with Crippen molar-refractivity contribution < 1.29 is 14.2 Å². The summed E-state index contributed by atoms with van der Waals surface area (Å²) >= 11 is 0. The van der Waals surface area contributed by atoms with Crippen molar-refractivity contribution in [2.45, 2.75) is 32.2 Å². The molecule has 1 heterocycles. The van der Waals surface area contributed by atoms with Crippen LogP contribution < -0.4 is 0 Å². The lowest BCUT2D eigenvalue weighted by Crippen LogP contribution is -2.20. The van der Waals surface area contributed by atoms with Crippen molar-refractivity contribution in [1.29, 1.82) is 0 Å². The Balaban J connectivity index is 2.01. The van der Waals surface area contributed by atoms with Gasteiger partial charge < -0.3 is 14.2 Å². The highest BCUT2D eigenvalue weighted by Gasteiger charge is 2.16. The van der Waals surface area contributed by atoms with Crippen LogP contribution in [-0.2, 0) is 14.2 Å². The van der Waals surface area contributed by atoms with E-state index < -0.39 is 0 Å². The number of hydrogen-bond donors (Lipinski definition) is 0. The van der Waals surface area contributed by atoms with Crippen molar-refractivity contribution in [2.24, 2.45) is 0 Å². The summed E-state index contributed by atoms with van der Waals surface area (Å²) < 4.78 is 15.6. The number of rotatable bonds is 4. The largest absolute Gasteiger partial charge is 0.376 e. The molecule has 0 amide bonds. The highest BCUT2D eigenvalue weighted by molar-refractivity contribution is 4.63. The molecule has 1 aliphatic heterocycles. The van der Waals surface area contributed by atoms with Gasteiger partial charge in [0.2, 0.25) is 0 Å². The molecule has 0 aromatic rings. The van der Waals surface area contributed by atoms with Crippen molar-refractivity contribution in [2.75, 3.05) is 20.3 Å². The summed E-state index contributed by atoms with van der Waals surface area (Å²) in [6.07, 6.45) is 2.47. The first-order valence-corrected chi connectivity index (χ1v) is 4.09. The zero-order valence-corrected chi connectivity index (χ0v) is 7.21. The summed E-state index contributed by atoms with van der Waals surface area (Å²) in [6.45, 7) is 3.43. The number of methoxy groups -OCH3 is 1. The number of hydrogen-bond acceptors (Lipinski definition) is 3. The van der Waals surface area contributed by atoms with Crippen LogP contribution in [-0.4, -0.2) is 32.7 Å². The third-order valence-electron chi connectivity index (χ3n) is 1.87. The first-order chi connectivity index (χ1) is 5.33. The smallest absolute Gasteiger partial charge is 0.154 e. The lowest BCUT2D eigenvalue weighted by molar-refractivity contribution is -0.131. The van der Waals surface area contributed by atoms with E-state index in [0.717, 1.165) is 19.4 Å². The highest BCUT2D eigenvalue weighted by Crippen LogP contribution is 2.12. The van der Waals surface area contributed by atoms with Crippen LogP contribution in [0.1, 0.15) is 19.8 Å². The summed E-state index contributed by atoms with van der Waals surface area (Å²) in [5.74, 6) is 0. The fraction of sp³-hybridized carbons (Fsp3) is 1.00. The molecule has 1 rings (SSSR count). The second-order valence-electron chi connectivity index (χ2n) is 2.77. The molecule has 0 bridgehead atoms. The van der Waals surface area contributed by atoms with Gasteiger partial charge in [0.15, 0.2) is 6.29 Å². The van der Waals surface area contributed by atoms with Gasteiger partial charge in [-0.2, -0.15) is 0 Å². The van der Waals surface area contributed by atoms with Gasteiger partial charge in [-0.15, -0.1) is 0 Å². The van der Waals surface area contributed by atoms with Crippen LogP contribution in [0.2, 0.25) is 0 Å². The Morgan fingerprint density at radius 3 is 3.00 bits per heavy atom. The van der Waals surface area contributed by atoms with Crippen LogP contribution in [0.25, 0.3) is 0 Å². The van der Waals surface area contributed by atoms with Gasteiger partial charge in [0.25, 0.3) is 0 Å². The van der Waals surface area contributed by atoms with Gasteiger partial charge in [0, 0.05) is 13.7 Å². The number of ether oxygens (including phenoxy) is 3. The Morgan fingerprint density at radius 2 is 2.45 bits per heavy atom. The van der Waals surface area contributed by atoms with E-state index in [4.69, 9.17) is 14.2 Å². The maximum absolute atomic E-state index is 5.37. The molecule has 2 atom stereocenters. The molecular weight excluding hydrogens is 144 g/mol. The Morgan fingerprint density at radius 1 is 1.64 bits per heavy atom. The Kier molecular flexibility index (Phi) is 3.83.